The maximum atomic E-state index is 11.7. The summed E-state index contributed by atoms with van der Waals surface area (Å²) < 4.78 is 0. The maximum Gasteiger partial charge on any atom is 0.271 e. The molecule has 0 spiro atoms. The average molecular weight is 289 g/mol. The van der Waals surface area contributed by atoms with E-state index in [2.05, 4.69) is 32.2 Å². The molecule has 2 heterocycles. The zero-order valence-corrected chi connectivity index (χ0v) is 12.1. The Hall–Kier alpha value is -2.28. The Morgan fingerprint density at radius 3 is 2.70 bits per heavy atom. The highest BCUT2D eigenvalue weighted by Gasteiger charge is 2.10. The monoisotopic (exact) mass is 289 g/mol. The number of nitrogens with one attached hydrogen (secondary N) is 2. The molecule has 0 saturated carbocycles. The minimum Gasteiger partial charge on any atom is -0.347 e. The van der Waals surface area contributed by atoms with Crippen LogP contribution >= 0.6 is 11.3 Å². The SMILES string of the molecule is C=CCNC(=O)c1csc(Nc2nc(C)cc(C)n2)n1. The van der Waals surface area contributed by atoms with E-state index in [-0.39, 0.29) is 5.91 Å². The third kappa shape index (κ3) is 3.61. The smallest absolute Gasteiger partial charge is 0.271 e. The largest absolute Gasteiger partial charge is 0.347 e. The van der Waals surface area contributed by atoms with Gasteiger partial charge in [0.1, 0.15) is 5.69 Å². The molecule has 6 nitrogen and oxygen atoms in total. The molecule has 2 N–H and O–H groups in total. The summed E-state index contributed by atoms with van der Waals surface area (Å²) in [6.45, 7) is 7.76. The molecule has 0 saturated heterocycles. The Bertz CT molecular complexity index is 617. The predicted molar refractivity (Wildman–Crippen MR) is 79.4 cm³/mol. The van der Waals surface area contributed by atoms with Gasteiger partial charge >= 0.3 is 0 Å². The van der Waals surface area contributed by atoms with E-state index in [9.17, 15) is 4.79 Å². The number of thiazole rings is 1. The Balaban J connectivity index is 2.09. The number of nitrogens with zero attached hydrogens (tertiary/aromatic N) is 3. The summed E-state index contributed by atoms with van der Waals surface area (Å²) in [6.07, 6.45) is 1.62. The number of rotatable bonds is 5. The van der Waals surface area contributed by atoms with E-state index in [1.165, 1.54) is 11.3 Å². The first-order chi connectivity index (χ1) is 9.58. The van der Waals surface area contributed by atoms with Crippen LogP contribution < -0.4 is 10.6 Å². The Kier molecular flexibility index (Phi) is 4.41. The van der Waals surface area contributed by atoms with E-state index >= 15 is 0 Å². The van der Waals surface area contributed by atoms with E-state index in [4.69, 9.17) is 0 Å². The molecule has 0 aliphatic rings. The lowest BCUT2D eigenvalue weighted by Crippen LogP contribution is -2.23. The first-order valence-corrected chi connectivity index (χ1v) is 6.90. The molecule has 7 heteroatoms. The second-order valence-electron chi connectivity index (χ2n) is 4.14. The predicted octanol–water partition coefficient (Wildman–Crippen LogP) is 2.21. The van der Waals surface area contributed by atoms with Crippen LogP contribution in [0.2, 0.25) is 0 Å². The van der Waals surface area contributed by atoms with Crippen molar-refractivity contribution in [2.45, 2.75) is 13.8 Å². The van der Waals surface area contributed by atoms with Gasteiger partial charge in [-0.1, -0.05) is 6.08 Å². The summed E-state index contributed by atoms with van der Waals surface area (Å²) >= 11 is 1.33. The molecule has 0 atom stereocenters. The van der Waals surface area contributed by atoms with Gasteiger partial charge < -0.3 is 10.6 Å². The first-order valence-electron chi connectivity index (χ1n) is 6.02. The topological polar surface area (TPSA) is 79.8 Å². The van der Waals surface area contributed by atoms with Crippen LogP contribution in [-0.4, -0.2) is 27.4 Å². The lowest BCUT2D eigenvalue weighted by Gasteiger charge is -2.03. The summed E-state index contributed by atoms with van der Waals surface area (Å²) in [5.74, 6) is 0.255. The normalized spacial score (nSPS) is 10.1. The Labute approximate surface area is 121 Å². The number of hydrogen-bond acceptors (Lipinski definition) is 6. The van der Waals surface area contributed by atoms with Gasteiger partial charge in [0.2, 0.25) is 5.95 Å². The average Bonchev–Trinajstić information content (AvgIpc) is 2.83. The van der Waals surface area contributed by atoms with Crippen molar-refractivity contribution in [3.8, 4) is 0 Å². The summed E-state index contributed by atoms with van der Waals surface area (Å²) in [7, 11) is 0. The van der Waals surface area contributed by atoms with Crippen molar-refractivity contribution in [3.05, 3.63) is 41.2 Å². The Morgan fingerprint density at radius 1 is 1.35 bits per heavy atom. The van der Waals surface area contributed by atoms with Crippen molar-refractivity contribution in [1.29, 1.82) is 0 Å². The van der Waals surface area contributed by atoms with Crippen molar-refractivity contribution >= 4 is 28.3 Å². The highest BCUT2D eigenvalue weighted by molar-refractivity contribution is 7.14. The molecule has 0 aliphatic carbocycles. The molecule has 104 valence electrons. The van der Waals surface area contributed by atoms with Crippen molar-refractivity contribution in [2.24, 2.45) is 0 Å². The highest BCUT2D eigenvalue weighted by atomic mass is 32.1. The lowest BCUT2D eigenvalue weighted by molar-refractivity contribution is 0.0954. The number of carbonyl (C=O) groups excluding carboxylic acids is 1. The van der Waals surface area contributed by atoms with Crippen LogP contribution in [0.4, 0.5) is 11.1 Å². The second kappa shape index (κ2) is 6.25. The van der Waals surface area contributed by atoms with Crippen molar-refractivity contribution in [1.82, 2.24) is 20.3 Å². The molecule has 2 aromatic heterocycles. The third-order valence-electron chi connectivity index (χ3n) is 2.34. The molecule has 0 aliphatic heterocycles. The quantitative estimate of drug-likeness (QED) is 0.825. The summed E-state index contributed by atoms with van der Waals surface area (Å²) in [6, 6.07) is 1.89. The van der Waals surface area contributed by atoms with Gasteiger partial charge in [-0.05, 0) is 19.9 Å². The highest BCUT2D eigenvalue weighted by Crippen LogP contribution is 2.19. The van der Waals surface area contributed by atoms with Crippen molar-refractivity contribution < 1.29 is 4.79 Å². The van der Waals surface area contributed by atoms with Gasteiger partial charge in [0.15, 0.2) is 5.13 Å². The Morgan fingerprint density at radius 2 is 2.05 bits per heavy atom. The van der Waals surface area contributed by atoms with Gasteiger partial charge in [0, 0.05) is 23.3 Å². The van der Waals surface area contributed by atoms with Crippen LogP contribution in [0.5, 0.6) is 0 Å². The molecular formula is C13H15N5OS. The molecule has 0 bridgehead atoms. The lowest BCUT2D eigenvalue weighted by atomic mass is 10.4. The van der Waals surface area contributed by atoms with Gasteiger partial charge in [-0.25, -0.2) is 15.0 Å². The third-order valence-corrected chi connectivity index (χ3v) is 3.10. The molecule has 0 unspecified atom stereocenters. The van der Waals surface area contributed by atoms with Crippen LogP contribution in [0.1, 0.15) is 21.9 Å². The fraction of sp³-hybridized carbons (Fsp3) is 0.231. The second-order valence-corrected chi connectivity index (χ2v) is 4.99. The molecule has 0 fully saturated rings. The van der Waals surface area contributed by atoms with Crippen LogP contribution in [0.25, 0.3) is 0 Å². The van der Waals surface area contributed by atoms with Crippen LogP contribution in [0, 0.1) is 13.8 Å². The minimum atomic E-state index is -0.226. The number of carbonyl (C=O) groups is 1. The standard InChI is InChI=1S/C13H15N5OS/c1-4-5-14-11(19)10-7-20-13(17-10)18-12-15-8(2)6-9(3)16-12/h4,6-7H,1,5H2,2-3H3,(H,14,19)(H,15,16,17,18). The number of amides is 1. The molecular weight excluding hydrogens is 274 g/mol. The van der Waals surface area contributed by atoms with Crippen LogP contribution in [-0.2, 0) is 0 Å². The van der Waals surface area contributed by atoms with Gasteiger partial charge in [-0.15, -0.1) is 17.9 Å². The summed E-state index contributed by atoms with van der Waals surface area (Å²) in [5, 5.41) is 7.94. The minimum absolute atomic E-state index is 0.226. The van der Waals surface area contributed by atoms with Gasteiger partial charge in [-0.3, -0.25) is 4.79 Å². The molecule has 2 rings (SSSR count). The molecule has 1 amide bonds. The van der Waals surface area contributed by atoms with Gasteiger partial charge in [-0.2, -0.15) is 0 Å². The van der Waals surface area contributed by atoms with Crippen LogP contribution in [0.15, 0.2) is 24.1 Å². The van der Waals surface area contributed by atoms with E-state index in [0.717, 1.165) is 11.4 Å². The number of aromatic nitrogens is 3. The fourth-order valence-electron chi connectivity index (χ4n) is 1.57. The number of hydrogen-bond donors (Lipinski definition) is 2. The zero-order valence-electron chi connectivity index (χ0n) is 11.3. The first kappa shape index (κ1) is 14.1. The summed E-state index contributed by atoms with van der Waals surface area (Å²) in [5.41, 5.74) is 2.12. The number of anilines is 2. The summed E-state index contributed by atoms with van der Waals surface area (Å²) in [4.78, 5) is 24.4. The van der Waals surface area contributed by atoms with E-state index < -0.39 is 0 Å². The molecule has 0 aromatic carbocycles. The molecule has 20 heavy (non-hydrogen) atoms. The van der Waals surface area contributed by atoms with Crippen molar-refractivity contribution in [2.75, 3.05) is 11.9 Å². The fourth-order valence-corrected chi connectivity index (χ4v) is 2.25. The zero-order chi connectivity index (χ0) is 14.5. The van der Waals surface area contributed by atoms with Gasteiger partial charge in [0.05, 0.1) is 0 Å². The van der Waals surface area contributed by atoms with E-state index in [0.29, 0.717) is 23.3 Å². The van der Waals surface area contributed by atoms with E-state index in [1.54, 1.807) is 11.5 Å². The van der Waals surface area contributed by atoms with E-state index in [1.807, 2.05) is 19.9 Å². The van der Waals surface area contributed by atoms with Gasteiger partial charge in [0.25, 0.3) is 5.91 Å². The van der Waals surface area contributed by atoms with Crippen molar-refractivity contribution in [3.63, 3.8) is 0 Å². The molecule has 0 radical (unpaired) electrons. The number of aryl methyl sites for hydroxylation is 2. The maximum absolute atomic E-state index is 11.7. The molecule has 2 aromatic rings. The van der Waals surface area contributed by atoms with Crippen LogP contribution in [0.3, 0.4) is 0 Å².